The van der Waals surface area contributed by atoms with Crippen LogP contribution in [0.1, 0.15) is 43.2 Å². The van der Waals surface area contributed by atoms with Gasteiger partial charge in [0.05, 0.1) is 14.2 Å². The van der Waals surface area contributed by atoms with Crippen molar-refractivity contribution in [2.75, 3.05) is 20.8 Å². The number of nitrogens with two attached hydrogens (primary N) is 1. The third-order valence-electron chi connectivity index (χ3n) is 4.48. The van der Waals surface area contributed by atoms with Crippen molar-refractivity contribution >= 4 is 0 Å². The van der Waals surface area contributed by atoms with E-state index in [4.69, 9.17) is 15.2 Å². The third-order valence-corrected chi connectivity index (χ3v) is 4.48. The summed E-state index contributed by atoms with van der Waals surface area (Å²) in [5.74, 6) is 1.64. The molecule has 0 aliphatic heterocycles. The third kappa shape index (κ3) is 2.57. The molecular weight excluding hydrogens is 238 g/mol. The molecule has 1 saturated carbocycles. The normalized spacial score (nSPS) is 18.1. The average molecular weight is 263 g/mol. The number of hydrogen-bond donors (Lipinski definition) is 1. The number of benzene rings is 1. The SMILES string of the molecule is COc1cc(C2(CN)CCCCC2)cc(C)c1OC. The van der Waals surface area contributed by atoms with Crippen molar-refractivity contribution in [2.24, 2.45) is 5.73 Å². The first-order chi connectivity index (χ1) is 9.16. The largest absolute Gasteiger partial charge is 0.493 e. The fraction of sp³-hybridized carbons (Fsp3) is 0.625. The Morgan fingerprint density at radius 2 is 1.79 bits per heavy atom. The van der Waals surface area contributed by atoms with Crippen molar-refractivity contribution < 1.29 is 9.47 Å². The molecule has 1 aromatic carbocycles. The standard InChI is InChI=1S/C16H25NO2/c1-12-9-13(10-14(18-2)15(12)19-3)16(11-17)7-5-4-6-8-16/h9-10H,4-8,11,17H2,1-3H3. The Morgan fingerprint density at radius 3 is 2.32 bits per heavy atom. The summed E-state index contributed by atoms with van der Waals surface area (Å²) < 4.78 is 10.9. The molecule has 2 rings (SSSR count). The second kappa shape index (κ2) is 5.83. The molecule has 0 amide bonds. The Kier molecular flexibility index (Phi) is 4.35. The van der Waals surface area contributed by atoms with Crippen LogP contribution in [0.4, 0.5) is 0 Å². The van der Waals surface area contributed by atoms with E-state index >= 15 is 0 Å². The van der Waals surface area contributed by atoms with Gasteiger partial charge < -0.3 is 15.2 Å². The summed E-state index contributed by atoms with van der Waals surface area (Å²) in [6.45, 7) is 2.78. The van der Waals surface area contributed by atoms with Crippen LogP contribution in [0.3, 0.4) is 0 Å². The average Bonchev–Trinajstić information content (AvgIpc) is 2.47. The summed E-state index contributed by atoms with van der Waals surface area (Å²) in [7, 11) is 3.38. The summed E-state index contributed by atoms with van der Waals surface area (Å²) in [4.78, 5) is 0. The lowest BCUT2D eigenvalue weighted by Crippen LogP contribution is -2.37. The maximum Gasteiger partial charge on any atom is 0.163 e. The van der Waals surface area contributed by atoms with Gasteiger partial charge in [0.1, 0.15) is 0 Å². The number of ether oxygens (including phenoxy) is 2. The Morgan fingerprint density at radius 1 is 1.11 bits per heavy atom. The Bertz CT molecular complexity index is 437. The molecule has 0 saturated heterocycles. The first kappa shape index (κ1) is 14.2. The van der Waals surface area contributed by atoms with E-state index in [1.165, 1.54) is 37.7 Å². The maximum atomic E-state index is 6.11. The number of hydrogen-bond acceptors (Lipinski definition) is 3. The van der Waals surface area contributed by atoms with Crippen molar-refractivity contribution in [1.82, 2.24) is 0 Å². The summed E-state index contributed by atoms with van der Waals surface area (Å²) in [5, 5.41) is 0. The van der Waals surface area contributed by atoms with Crippen molar-refractivity contribution in [1.29, 1.82) is 0 Å². The van der Waals surface area contributed by atoms with E-state index < -0.39 is 0 Å². The van der Waals surface area contributed by atoms with Crippen LogP contribution in [0.2, 0.25) is 0 Å². The van der Waals surface area contributed by atoms with Gasteiger partial charge in [-0.3, -0.25) is 0 Å². The quantitative estimate of drug-likeness (QED) is 0.907. The van der Waals surface area contributed by atoms with E-state index in [1.54, 1.807) is 14.2 Å². The van der Waals surface area contributed by atoms with Crippen LogP contribution in [0.25, 0.3) is 0 Å². The number of rotatable bonds is 4. The molecule has 106 valence electrons. The smallest absolute Gasteiger partial charge is 0.163 e. The van der Waals surface area contributed by atoms with E-state index in [2.05, 4.69) is 19.1 Å². The molecule has 0 aromatic heterocycles. The summed E-state index contributed by atoms with van der Waals surface area (Å²) >= 11 is 0. The minimum Gasteiger partial charge on any atom is -0.493 e. The van der Waals surface area contributed by atoms with Gasteiger partial charge in [0, 0.05) is 12.0 Å². The van der Waals surface area contributed by atoms with E-state index in [1.807, 2.05) is 0 Å². The van der Waals surface area contributed by atoms with E-state index in [0.717, 1.165) is 17.1 Å². The molecule has 0 unspecified atom stereocenters. The Hall–Kier alpha value is -1.22. The van der Waals surface area contributed by atoms with E-state index in [-0.39, 0.29) is 5.41 Å². The van der Waals surface area contributed by atoms with Gasteiger partial charge in [-0.25, -0.2) is 0 Å². The molecule has 3 nitrogen and oxygen atoms in total. The topological polar surface area (TPSA) is 44.5 Å². The molecule has 1 aliphatic carbocycles. The molecule has 2 N–H and O–H groups in total. The van der Waals surface area contributed by atoms with Crippen molar-refractivity contribution in [3.8, 4) is 11.5 Å². The summed E-state index contributed by atoms with van der Waals surface area (Å²) in [6.07, 6.45) is 6.22. The predicted octanol–water partition coefficient (Wildman–Crippen LogP) is 3.17. The minimum atomic E-state index is 0.128. The lowest BCUT2D eigenvalue weighted by Gasteiger charge is -2.37. The van der Waals surface area contributed by atoms with Crippen LogP contribution >= 0.6 is 0 Å². The monoisotopic (exact) mass is 263 g/mol. The zero-order valence-corrected chi connectivity index (χ0v) is 12.3. The lowest BCUT2D eigenvalue weighted by atomic mass is 9.69. The molecule has 1 aromatic rings. The molecule has 1 aliphatic rings. The van der Waals surface area contributed by atoms with Gasteiger partial charge in [0.2, 0.25) is 0 Å². The lowest BCUT2D eigenvalue weighted by molar-refractivity contribution is 0.297. The van der Waals surface area contributed by atoms with Gasteiger partial charge in [-0.2, -0.15) is 0 Å². The zero-order chi connectivity index (χ0) is 13.9. The highest BCUT2D eigenvalue weighted by Gasteiger charge is 2.33. The fourth-order valence-electron chi connectivity index (χ4n) is 3.30. The number of aryl methyl sites for hydroxylation is 1. The van der Waals surface area contributed by atoms with Crippen LogP contribution in [-0.2, 0) is 5.41 Å². The van der Waals surface area contributed by atoms with Crippen LogP contribution in [0, 0.1) is 6.92 Å². The van der Waals surface area contributed by atoms with Gasteiger partial charge in [-0.15, -0.1) is 0 Å². The van der Waals surface area contributed by atoms with Crippen LogP contribution in [-0.4, -0.2) is 20.8 Å². The van der Waals surface area contributed by atoms with Crippen LogP contribution < -0.4 is 15.2 Å². The van der Waals surface area contributed by atoms with Crippen molar-refractivity contribution in [3.63, 3.8) is 0 Å². The van der Waals surface area contributed by atoms with Crippen LogP contribution in [0.15, 0.2) is 12.1 Å². The maximum absolute atomic E-state index is 6.11. The van der Waals surface area contributed by atoms with Crippen molar-refractivity contribution in [2.45, 2.75) is 44.4 Å². The molecule has 3 heteroatoms. The summed E-state index contributed by atoms with van der Waals surface area (Å²) in [6, 6.07) is 4.34. The van der Waals surface area contributed by atoms with Gasteiger partial charge in [-0.1, -0.05) is 25.3 Å². The molecule has 1 fully saturated rings. The van der Waals surface area contributed by atoms with Gasteiger partial charge in [0.25, 0.3) is 0 Å². The summed E-state index contributed by atoms with van der Waals surface area (Å²) in [5.41, 5.74) is 8.67. The van der Waals surface area contributed by atoms with Gasteiger partial charge >= 0.3 is 0 Å². The Labute approximate surface area is 116 Å². The van der Waals surface area contributed by atoms with Gasteiger partial charge in [0.15, 0.2) is 11.5 Å². The van der Waals surface area contributed by atoms with Crippen LogP contribution in [0.5, 0.6) is 11.5 Å². The second-order valence-electron chi connectivity index (χ2n) is 5.57. The van der Waals surface area contributed by atoms with E-state index in [0.29, 0.717) is 6.54 Å². The minimum absolute atomic E-state index is 0.128. The second-order valence-corrected chi connectivity index (χ2v) is 5.57. The fourth-order valence-corrected chi connectivity index (χ4v) is 3.30. The molecular formula is C16H25NO2. The first-order valence-electron chi connectivity index (χ1n) is 7.10. The molecule has 0 spiro atoms. The Balaban J connectivity index is 2.46. The predicted molar refractivity (Wildman–Crippen MR) is 78.1 cm³/mol. The molecule has 0 radical (unpaired) electrons. The molecule has 19 heavy (non-hydrogen) atoms. The molecule has 0 bridgehead atoms. The van der Waals surface area contributed by atoms with E-state index in [9.17, 15) is 0 Å². The molecule has 0 heterocycles. The van der Waals surface area contributed by atoms with Crippen molar-refractivity contribution in [3.05, 3.63) is 23.3 Å². The zero-order valence-electron chi connectivity index (χ0n) is 12.3. The highest BCUT2D eigenvalue weighted by atomic mass is 16.5. The molecule has 0 atom stereocenters. The first-order valence-corrected chi connectivity index (χ1v) is 7.10. The van der Waals surface area contributed by atoms with Gasteiger partial charge in [-0.05, 0) is 37.0 Å². The number of methoxy groups -OCH3 is 2. The highest BCUT2D eigenvalue weighted by molar-refractivity contribution is 5.51. The highest BCUT2D eigenvalue weighted by Crippen LogP contribution is 2.42.